The standard InChI is InChI=1S/C15H24N4O2.HI/c1-6-9-16-15(17-10-14(20)19(4)5)18-12(3)13-8-7-11(2)21-13;/h6-8,12H,1,9-10H2,2-5H3,(H2,16,17,18);1H. The molecule has 0 spiro atoms. The minimum atomic E-state index is -0.0591. The normalized spacial score (nSPS) is 12.1. The Kier molecular flexibility index (Phi) is 9.55. The predicted molar refractivity (Wildman–Crippen MR) is 99.6 cm³/mol. The lowest BCUT2D eigenvalue weighted by atomic mass is 10.2. The van der Waals surface area contributed by atoms with Crippen LogP contribution in [0.4, 0.5) is 0 Å². The number of carbonyl (C=O) groups excluding carboxylic acids is 1. The summed E-state index contributed by atoms with van der Waals surface area (Å²) in [4.78, 5) is 17.4. The topological polar surface area (TPSA) is 69.9 Å². The number of amides is 1. The summed E-state index contributed by atoms with van der Waals surface area (Å²) in [5.74, 6) is 2.17. The fourth-order valence-corrected chi connectivity index (χ4v) is 1.57. The monoisotopic (exact) mass is 420 g/mol. The van der Waals surface area contributed by atoms with Gasteiger partial charge < -0.3 is 20.0 Å². The second-order valence-corrected chi connectivity index (χ2v) is 4.94. The highest BCUT2D eigenvalue weighted by Gasteiger charge is 2.12. The van der Waals surface area contributed by atoms with E-state index in [0.29, 0.717) is 12.5 Å². The lowest BCUT2D eigenvalue weighted by Gasteiger charge is -2.16. The molecule has 0 bridgehead atoms. The number of halogens is 1. The van der Waals surface area contributed by atoms with Crippen LogP contribution in [0.2, 0.25) is 0 Å². The molecule has 1 aromatic heterocycles. The van der Waals surface area contributed by atoms with Crippen molar-refractivity contribution in [1.29, 1.82) is 0 Å². The van der Waals surface area contributed by atoms with Gasteiger partial charge in [0.05, 0.1) is 6.04 Å². The second kappa shape index (κ2) is 10.3. The lowest BCUT2D eigenvalue weighted by Crippen LogP contribution is -2.39. The van der Waals surface area contributed by atoms with E-state index in [2.05, 4.69) is 22.2 Å². The van der Waals surface area contributed by atoms with Gasteiger partial charge in [-0.25, -0.2) is 4.99 Å². The van der Waals surface area contributed by atoms with Crippen LogP contribution in [-0.2, 0) is 4.79 Å². The molecule has 0 aliphatic carbocycles. The van der Waals surface area contributed by atoms with Gasteiger partial charge in [0.25, 0.3) is 0 Å². The van der Waals surface area contributed by atoms with Gasteiger partial charge in [-0.2, -0.15) is 0 Å². The first-order chi connectivity index (χ1) is 9.93. The highest BCUT2D eigenvalue weighted by Crippen LogP contribution is 2.15. The SMILES string of the molecule is C=CCNC(=NCC(=O)N(C)C)NC(C)c1ccc(C)o1.I. The van der Waals surface area contributed by atoms with E-state index in [1.54, 1.807) is 20.2 Å². The van der Waals surface area contributed by atoms with Gasteiger partial charge >= 0.3 is 0 Å². The molecule has 0 saturated carbocycles. The summed E-state index contributed by atoms with van der Waals surface area (Å²) in [5.41, 5.74) is 0. The fourth-order valence-electron chi connectivity index (χ4n) is 1.57. The molecule has 1 unspecified atom stereocenters. The average molecular weight is 420 g/mol. The van der Waals surface area contributed by atoms with Crippen LogP contribution in [0.3, 0.4) is 0 Å². The van der Waals surface area contributed by atoms with Crippen LogP contribution in [0.1, 0.15) is 24.5 Å². The Morgan fingerprint density at radius 2 is 2.18 bits per heavy atom. The van der Waals surface area contributed by atoms with Gasteiger partial charge in [-0.3, -0.25) is 4.79 Å². The lowest BCUT2D eigenvalue weighted by molar-refractivity contribution is -0.127. The first-order valence-corrected chi connectivity index (χ1v) is 6.86. The molecule has 0 aliphatic rings. The Balaban J connectivity index is 0.00000441. The first-order valence-electron chi connectivity index (χ1n) is 6.86. The maximum absolute atomic E-state index is 11.6. The number of rotatable bonds is 6. The molecular weight excluding hydrogens is 395 g/mol. The van der Waals surface area contributed by atoms with Crippen molar-refractivity contribution in [3.63, 3.8) is 0 Å². The van der Waals surface area contributed by atoms with Gasteiger partial charge in [-0.15, -0.1) is 30.6 Å². The maximum Gasteiger partial charge on any atom is 0.243 e. The van der Waals surface area contributed by atoms with Gasteiger partial charge in [0, 0.05) is 20.6 Å². The van der Waals surface area contributed by atoms with Crippen molar-refractivity contribution in [2.75, 3.05) is 27.2 Å². The Labute approximate surface area is 149 Å². The van der Waals surface area contributed by atoms with E-state index in [1.165, 1.54) is 4.90 Å². The number of aryl methyl sites for hydroxylation is 1. The van der Waals surface area contributed by atoms with Gasteiger partial charge in [-0.05, 0) is 26.0 Å². The van der Waals surface area contributed by atoms with Crippen molar-refractivity contribution in [1.82, 2.24) is 15.5 Å². The third kappa shape index (κ3) is 6.97. The number of guanidine groups is 1. The summed E-state index contributed by atoms with van der Waals surface area (Å²) >= 11 is 0. The minimum Gasteiger partial charge on any atom is -0.464 e. The number of nitrogens with one attached hydrogen (secondary N) is 2. The van der Waals surface area contributed by atoms with E-state index < -0.39 is 0 Å². The molecule has 0 aliphatic heterocycles. The third-order valence-corrected chi connectivity index (χ3v) is 2.83. The van der Waals surface area contributed by atoms with Crippen LogP contribution in [0.5, 0.6) is 0 Å². The summed E-state index contributed by atoms with van der Waals surface area (Å²) in [6, 6.07) is 3.78. The zero-order valence-corrected chi connectivity index (χ0v) is 15.9. The van der Waals surface area contributed by atoms with Crippen molar-refractivity contribution in [2.45, 2.75) is 19.9 Å². The molecule has 6 nitrogen and oxygen atoms in total. The average Bonchev–Trinajstić information content (AvgIpc) is 2.87. The van der Waals surface area contributed by atoms with Crippen LogP contribution < -0.4 is 10.6 Å². The summed E-state index contributed by atoms with van der Waals surface area (Å²) < 4.78 is 5.57. The number of furan rings is 1. The molecule has 7 heteroatoms. The third-order valence-electron chi connectivity index (χ3n) is 2.83. The molecule has 0 radical (unpaired) electrons. The molecule has 124 valence electrons. The van der Waals surface area contributed by atoms with E-state index in [0.717, 1.165) is 11.5 Å². The van der Waals surface area contributed by atoms with E-state index >= 15 is 0 Å². The molecule has 1 rings (SSSR count). The molecule has 1 amide bonds. The number of likely N-dealkylation sites (N-methyl/N-ethyl adjacent to an activating group) is 1. The largest absolute Gasteiger partial charge is 0.464 e. The van der Waals surface area contributed by atoms with Crippen molar-refractivity contribution in [2.24, 2.45) is 4.99 Å². The van der Waals surface area contributed by atoms with Crippen molar-refractivity contribution in [3.05, 3.63) is 36.3 Å². The molecule has 0 aromatic carbocycles. The smallest absolute Gasteiger partial charge is 0.243 e. The minimum absolute atomic E-state index is 0. The quantitative estimate of drug-likeness (QED) is 0.320. The Morgan fingerprint density at radius 3 is 2.68 bits per heavy atom. The van der Waals surface area contributed by atoms with Crippen LogP contribution in [-0.4, -0.2) is 44.0 Å². The number of carbonyl (C=O) groups is 1. The van der Waals surface area contributed by atoms with Crippen LogP contribution in [0.15, 0.2) is 34.2 Å². The summed E-state index contributed by atoms with van der Waals surface area (Å²) in [6.45, 7) is 8.18. The molecule has 2 N–H and O–H groups in total. The van der Waals surface area contributed by atoms with E-state index in [9.17, 15) is 4.79 Å². The Morgan fingerprint density at radius 1 is 1.50 bits per heavy atom. The number of nitrogens with zero attached hydrogens (tertiary/aromatic N) is 2. The zero-order chi connectivity index (χ0) is 15.8. The zero-order valence-electron chi connectivity index (χ0n) is 13.5. The number of hydrogen-bond donors (Lipinski definition) is 2. The van der Waals surface area contributed by atoms with Crippen molar-refractivity contribution >= 4 is 35.8 Å². The molecular formula is C15H25IN4O2. The summed E-state index contributed by atoms with van der Waals surface area (Å²) in [6.07, 6.45) is 1.73. The highest BCUT2D eigenvalue weighted by molar-refractivity contribution is 14.0. The molecule has 1 aromatic rings. The molecule has 1 heterocycles. The van der Waals surface area contributed by atoms with E-state index in [4.69, 9.17) is 4.42 Å². The first kappa shape index (κ1) is 20.5. The van der Waals surface area contributed by atoms with Gasteiger partial charge in [0.2, 0.25) is 5.91 Å². The van der Waals surface area contributed by atoms with Crippen LogP contribution >= 0.6 is 24.0 Å². The van der Waals surface area contributed by atoms with E-state index in [-0.39, 0.29) is 42.5 Å². The van der Waals surface area contributed by atoms with Gasteiger partial charge in [-0.1, -0.05) is 6.08 Å². The molecule has 0 fully saturated rings. The molecule has 1 atom stereocenters. The molecule has 0 saturated heterocycles. The van der Waals surface area contributed by atoms with E-state index in [1.807, 2.05) is 26.0 Å². The van der Waals surface area contributed by atoms with Crippen molar-refractivity contribution in [3.8, 4) is 0 Å². The predicted octanol–water partition coefficient (Wildman–Crippen LogP) is 2.08. The number of aliphatic imine (C=N–C) groups is 1. The Hall–Kier alpha value is -1.51. The summed E-state index contributed by atoms with van der Waals surface area (Å²) in [5, 5.41) is 6.28. The maximum atomic E-state index is 11.6. The number of hydrogen-bond acceptors (Lipinski definition) is 3. The fraction of sp³-hybridized carbons (Fsp3) is 0.467. The van der Waals surface area contributed by atoms with Gasteiger partial charge in [0.15, 0.2) is 5.96 Å². The van der Waals surface area contributed by atoms with Crippen molar-refractivity contribution < 1.29 is 9.21 Å². The highest BCUT2D eigenvalue weighted by atomic mass is 127. The summed E-state index contributed by atoms with van der Waals surface area (Å²) in [7, 11) is 3.41. The molecule has 22 heavy (non-hydrogen) atoms. The second-order valence-electron chi connectivity index (χ2n) is 4.94. The van der Waals surface area contributed by atoms with Crippen LogP contribution in [0.25, 0.3) is 0 Å². The Bertz CT molecular complexity index is 511. The van der Waals surface area contributed by atoms with Crippen LogP contribution in [0, 0.1) is 6.92 Å². The van der Waals surface area contributed by atoms with Gasteiger partial charge in [0.1, 0.15) is 18.1 Å².